The second-order valence-electron chi connectivity index (χ2n) is 10.2. The van der Waals surface area contributed by atoms with Gasteiger partial charge in [0.15, 0.2) is 5.96 Å². The van der Waals surface area contributed by atoms with Crippen LogP contribution in [0.5, 0.6) is 0 Å². The number of aliphatic imine (C=N–C) groups is 1. The summed E-state index contributed by atoms with van der Waals surface area (Å²) in [6, 6.07) is 26.3. The Morgan fingerprint density at radius 1 is 0.783 bits per heavy atom. The summed E-state index contributed by atoms with van der Waals surface area (Å²) < 4.78 is 30.1. The molecule has 0 radical (unpaired) electrons. The highest BCUT2D eigenvalue weighted by Gasteiger charge is 2.34. The molecule has 0 aromatic heterocycles. The van der Waals surface area contributed by atoms with Crippen LogP contribution in [0.4, 0.5) is 0 Å². The molecule has 0 heterocycles. The number of rotatable bonds is 13. The Bertz CT molecular complexity index is 1680. The van der Waals surface area contributed by atoms with Crippen molar-refractivity contribution in [3.05, 3.63) is 114 Å². The van der Waals surface area contributed by atoms with Gasteiger partial charge in [0, 0.05) is 17.8 Å². The van der Waals surface area contributed by atoms with Crippen LogP contribution in [-0.4, -0.2) is 44.8 Å². The van der Waals surface area contributed by atoms with E-state index in [1.807, 2.05) is 79.7 Å². The molecule has 13 heteroatoms. The van der Waals surface area contributed by atoms with E-state index >= 15 is 0 Å². The molecule has 2 amide bonds. The summed E-state index contributed by atoms with van der Waals surface area (Å²) in [4.78, 5) is 30.7. The maximum atomic E-state index is 13.8. The lowest BCUT2D eigenvalue weighted by molar-refractivity contribution is -0.128. The van der Waals surface area contributed by atoms with Crippen molar-refractivity contribution in [3.63, 3.8) is 0 Å². The van der Waals surface area contributed by atoms with E-state index in [2.05, 4.69) is 15.0 Å². The van der Waals surface area contributed by atoms with Gasteiger partial charge in [0.25, 0.3) is 0 Å². The van der Waals surface area contributed by atoms with Crippen LogP contribution in [0, 0.1) is 6.92 Å². The molecule has 8 N–H and O–H groups in total. The van der Waals surface area contributed by atoms with Gasteiger partial charge in [0.2, 0.25) is 21.8 Å². The Morgan fingerprint density at radius 2 is 1.30 bits per heavy atom. The van der Waals surface area contributed by atoms with Crippen LogP contribution in [-0.2, 0) is 19.6 Å². The number of nitrogens with zero attached hydrogens (tertiary/aromatic N) is 1. The molecule has 0 fully saturated rings. The van der Waals surface area contributed by atoms with Crippen LogP contribution in [0.3, 0.4) is 0 Å². The lowest BCUT2D eigenvalue weighted by Crippen LogP contribution is -2.55. The van der Waals surface area contributed by atoms with Gasteiger partial charge in [-0.15, -0.1) is 0 Å². The average Bonchev–Trinajstić information content (AvgIpc) is 2.99. The highest BCUT2D eigenvalue weighted by molar-refractivity contribution is 7.89. The highest BCUT2D eigenvalue weighted by atomic mass is 32.2. The number of guanidine groups is 1. The monoisotopic (exact) mass is 684 g/mol. The van der Waals surface area contributed by atoms with Crippen LogP contribution in [0.2, 0.25) is 0 Å². The lowest BCUT2D eigenvalue weighted by atomic mass is 9.84. The first kappa shape index (κ1) is 40.0. The predicted molar refractivity (Wildman–Crippen MR) is 196 cm³/mol. The summed E-state index contributed by atoms with van der Waals surface area (Å²) in [5.41, 5.74) is 19.2. The molecule has 0 aliphatic heterocycles. The maximum Gasteiger partial charge on any atom is 0.241 e. The van der Waals surface area contributed by atoms with E-state index in [4.69, 9.17) is 17.2 Å². The summed E-state index contributed by atoms with van der Waals surface area (Å²) in [5, 5.41) is 4.06. The summed E-state index contributed by atoms with van der Waals surface area (Å²) in [6.07, 6.45) is 0.341. The molecule has 4 rings (SSSR count). The smallest absolute Gasteiger partial charge is 0.241 e. The average molecular weight is 685 g/mol. The SMILES string of the molecule is C.Cc1ccc(S(=O)(=O)N[C@@H](CCCN=C(N)N)C(=O)N[C@H](C(N)=O)C(c2ccccc2)c2ccccc2)c2ccccc12.S.S. The van der Waals surface area contributed by atoms with E-state index in [9.17, 15) is 18.0 Å². The fourth-order valence-electron chi connectivity index (χ4n) is 5.12. The standard InChI is InChI=1S/C32H36N6O4S.CH4.2H2S/c1-21-18-19-27(25-16-9-8-15-24(21)25)43(41,42)38-26(17-10-20-36-32(34)35)31(40)37-29(30(33)39)28(22-11-4-2-5-12-22)23-13-6-3-7-14-23;;;/h2-9,11-16,18-19,26,28-29,38H,10,17,20H2,1H3,(H2,33,39)(H,37,40)(H4,34,35,36);1H4;2*1H2/t26-,29-;;;/m0.../s1. The van der Waals surface area contributed by atoms with Crippen LogP contribution in [0.1, 0.15) is 42.9 Å². The first-order valence-corrected chi connectivity index (χ1v) is 15.3. The third kappa shape index (κ3) is 9.98. The normalized spacial score (nSPS) is 12.0. The molecule has 0 saturated carbocycles. The van der Waals surface area contributed by atoms with E-state index in [1.54, 1.807) is 18.2 Å². The number of aryl methyl sites for hydroxylation is 1. The molecule has 46 heavy (non-hydrogen) atoms. The number of sulfonamides is 1. The summed E-state index contributed by atoms with van der Waals surface area (Å²) in [6.45, 7) is 2.07. The van der Waals surface area contributed by atoms with Crippen molar-refractivity contribution in [2.45, 2.75) is 50.1 Å². The Balaban J connectivity index is 0.00000353. The van der Waals surface area contributed by atoms with Gasteiger partial charge in [0.1, 0.15) is 12.1 Å². The van der Waals surface area contributed by atoms with E-state index in [0.717, 1.165) is 22.1 Å². The number of nitrogens with two attached hydrogens (primary N) is 3. The summed E-state index contributed by atoms with van der Waals surface area (Å²) in [7, 11) is -4.19. The molecular weight excluding hydrogens is 641 g/mol. The van der Waals surface area contributed by atoms with E-state index < -0.39 is 39.8 Å². The zero-order valence-electron chi connectivity index (χ0n) is 24.8. The molecule has 10 nitrogen and oxygen atoms in total. The zero-order valence-corrected chi connectivity index (χ0v) is 27.6. The highest BCUT2D eigenvalue weighted by Crippen LogP contribution is 2.29. The molecule has 4 aromatic rings. The van der Waals surface area contributed by atoms with E-state index in [0.29, 0.717) is 5.39 Å². The number of benzene rings is 4. The van der Waals surface area contributed by atoms with Crippen molar-refractivity contribution in [3.8, 4) is 0 Å². The van der Waals surface area contributed by atoms with Gasteiger partial charge in [0.05, 0.1) is 4.90 Å². The molecule has 0 spiro atoms. The molecule has 0 saturated heterocycles. The van der Waals surface area contributed by atoms with Crippen molar-refractivity contribution in [1.82, 2.24) is 10.0 Å². The molecule has 0 unspecified atom stereocenters. The minimum Gasteiger partial charge on any atom is -0.370 e. The Labute approximate surface area is 285 Å². The first-order valence-electron chi connectivity index (χ1n) is 13.8. The molecule has 0 bridgehead atoms. The van der Waals surface area contributed by atoms with Gasteiger partial charge >= 0.3 is 0 Å². The van der Waals surface area contributed by atoms with E-state index in [1.165, 1.54) is 6.07 Å². The van der Waals surface area contributed by atoms with Crippen molar-refractivity contribution < 1.29 is 18.0 Å². The zero-order chi connectivity index (χ0) is 31.0. The van der Waals surface area contributed by atoms with Gasteiger partial charge in [-0.1, -0.05) is 98.4 Å². The number of carbonyl (C=O) groups excluding carboxylic acids is 2. The second kappa shape index (κ2) is 18.2. The number of carbonyl (C=O) groups is 2. The molecule has 2 atom stereocenters. The van der Waals surface area contributed by atoms with Crippen molar-refractivity contribution in [2.75, 3.05) is 6.54 Å². The molecule has 4 aromatic carbocycles. The fraction of sp³-hybridized carbons (Fsp3) is 0.242. The first-order chi connectivity index (χ1) is 20.6. The molecule has 248 valence electrons. The molecule has 0 aliphatic carbocycles. The van der Waals surface area contributed by atoms with Gasteiger partial charge in [-0.05, 0) is 47.9 Å². The number of nitrogens with one attached hydrogen (secondary N) is 2. The Kier molecular flexibility index (Phi) is 15.8. The number of fused-ring (bicyclic) bond motifs is 1. The van der Waals surface area contributed by atoms with Crippen LogP contribution in [0.15, 0.2) is 107 Å². The largest absolute Gasteiger partial charge is 0.370 e. The lowest BCUT2D eigenvalue weighted by Gasteiger charge is -2.28. The van der Waals surface area contributed by atoms with Crippen molar-refractivity contribution in [2.24, 2.45) is 22.2 Å². The number of amides is 2. The topological polar surface area (TPSA) is 183 Å². The van der Waals surface area contributed by atoms with Crippen LogP contribution < -0.4 is 27.2 Å². The summed E-state index contributed by atoms with van der Waals surface area (Å²) in [5.74, 6) is -2.21. The maximum absolute atomic E-state index is 13.8. The van der Waals surface area contributed by atoms with Gasteiger partial charge < -0.3 is 22.5 Å². The number of hydrogen-bond acceptors (Lipinski definition) is 5. The third-order valence-corrected chi connectivity index (χ3v) is 8.74. The molecular formula is C33H44N6O4S3. The van der Waals surface area contributed by atoms with Crippen LogP contribution >= 0.6 is 27.0 Å². The minimum atomic E-state index is -4.19. The number of primary amides is 1. The van der Waals surface area contributed by atoms with Crippen molar-refractivity contribution >= 4 is 65.6 Å². The Morgan fingerprint density at radius 3 is 1.83 bits per heavy atom. The summed E-state index contributed by atoms with van der Waals surface area (Å²) >= 11 is 0. The van der Waals surface area contributed by atoms with Gasteiger partial charge in [-0.25, -0.2) is 8.42 Å². The third-order valence-electron chi connectivity index (χ3n) is 7.21. The Hall–Kier alpha value is -4.04. The second-order valence-corrected chi connectivity index (χ2v) is 11.9. The van der Waals surface area contributed by atoms with Gasteiger partial charge in [-0.3, -0.25) is 14.6 Å². The number of hydrogen-bond donors (Lipinski definition) is 5. The quantitative estimate of drug-likeness (QED) is 0.0816. The van der Waals surface area contributed by atoms with Crippen molar-refractivity contribution in [1.29, 1.82) is 0 Å². The fourth-order valence-corrected chi connectivity index (χ4v) is 6.57. The minimum absolute atomic E-state index is 0. The predicted octanol–water partition coefficient (Wildman–Crippen LogP) is 3.51. The van der Waals surface area contributed by atoms with Gasteiger partial charge in [-0.2, -0.15) is 31.7 Å². The molecule has 0 aliphatic rings. The van der Waals surface area contributed by atoms with Crippen LogP contribution in [0.25, 0.3) is 10.8 Å². The van der Waals surface area contributed by atoms with E-state index in [-0.39, 0.29) is 64.7 Å².